The zero-order valence-electron chi connectivity index (χ0n) is 9.70. The van der Waals surface area contributed by atoms with Crippen LogP contribution < -0.4 is 5.32 Å². The fourth-order valence-electron chi connectivity index (χ4n) is 1.52. The van der Waals surface area contributed by atoms with E-state index in [1.807, 2.05) is 30.3 Å². The Balaban J connectivity index is 1.78. The highest BCUT2D eigenvalue weighted by Gasteiger charge is 2.00. The second kappa shape index (κ2) is 6.81. The Morgan fingerprint density at radius 2 is 1.94 bits per heavy atom. The van der Waals surface area contributed by atoms with E-state index in [1.54, 1.807) is 12.1 Å². The van der Waals surface area contributed by atoms with Crippen LogP contribution in [-0.2, 0) is 0 Å². The summed E-state index contributed by atoms with van der Waals surface area (Å²) in [4.78, 5) is 0.702. The highest BCUT2D eigenvalue weighted by Crippen LogP contribution is 2.21. The summed E-state index contributed by atoms with van der Waals surface area (Å²) in [6, 6.07) is 14.9. The summed E-state index contributed by atoms with van der Waals surface area (Å²) in [7, 11) is 0. The van der Waals surface area contributed by atoms with Crippen LogP contribution in [0, 0.1) is 5.82 Å². The van der Waals surface area contributed by atoms with Crippen molar-refractivity contribution in [2.75, 3.05) is 17.6 Å². The van der Waals surface area contributed by atoms with Crippen molar-refractivity contribution >= 4 is 33.4 Å². The molecular formula is C14H13BrFNS. The Hall–Kier alpha value is -1.00. The molecule has 0 fully saturated rings. The van der Waals surface area contributed by atoms with E-state index in [1.165, 1.54) is 17.8 Å². The van der Waals surface area contributed by atoms with Gasteiger partial charge in [-0.3, -0.25) is 0 Å². The number of thioether (sulfide) groups is 1. The van der Waals surface area contributed by atoms with Gasteiger partial charge in [0.15, 0.2) is 0 Å². The third kappa shape index (κ3) is 4.03. The SMILES string of the molecule is Fc1ccccc1SCCNc1cccc(Br)c1. The number of nitrogens with one attached hydrogen (secondary N) is 1. The van der Waals surface area contributed by atoms with Crippen LogP contribution in [0.25, 0.3) is 0 Å². The fourth-order valence-corrected chi connectivity index (χ4v) is 2.72. The molecule has 1 nitrogen and oxygen atoms in total. The van der Waals surface area contributed by atoms with E-state index < -0.39 is 0 Å². The van der Waals surface area contributed by atoms with Gasteiger partial charge in [-0.2, -0.15) is 0 Å². The summed E-state index contributed by atoms with van der Waals surface area (Å²) in [5.74, 6) is 0.679. The maximum absolute atomic E-state index is 13.3. The minimum absolute atomic E-state index is 0.148. The van der Waals surface area contributed by atoms with Crippen LogP contribution in [-0.4, -0.2) is 12.3 Å². The molecule has 0 aromatic heterocycles. The molecule has 0 saturated carbocycles. The Bertz CT molecular complexity index is 519. The summed E-state index contributed by atoms with van der Waals surface area (Å²) >= 11 is 4.94. The van der Waals surface area contributed by atoms with Crippen molar-refractivity contribution in [2.24, 2.45) is 0 Å². The number of rotatable bonds is 5. The van der Waals surface area contributed by atoms with E-state index in [-0.39, 0.29) is 5.82 Å². The van der Waals surface area contributed by atoms with Crippen molar-refractivity contribution in [1.82, 2.24) is 0 Å². The lowest BCUT2D eigenvalue weighted by Gasteiger charge is -2.07. The second-order valence-electron chi connectivity index (χ2n) is 3.72. The minimum atomic E-state index is -0.148. The molecule has 0 radical (unpaired) electrons. The standard InChI is InChI=1S/C14H13BrFNS/c15-11-4-3-5-12(10-11)17-8-9-18-14-7-2-1-6-13(14)16/h1-7,10,17H,8-9H2. The van der Waals surface area contributed by atoms with Crippen LogP contribution in [0.2, 0.25) is 0 Å². The zero-order chi connectivity index (χ0) is 12.8. The average molecular weight is 326 g/mol. The molecule has 0 amide bonds. The van der Waals surface area contributed by atoms with Crippen molar-refractivity contribution in [3.8, 4) is 0 Å². The minimum Gasteiger partial charge on any atom is -0.384 e. The molecule has 0 aliphatic rings. The molecule has 1 N–H and O–H groups in total. The topological polar surface area (TPSA) is 12.0 Å². The maximum atomic E-state index is 13.3. The van der Waals surface area contributed by atoms with E-state index in [4.69, 9.17) is 0 Å². The normalized spacial score (nSPS) is 10.3. The molecule has 0 unspecified atom stereocenters. The average Bonchev–Trinajstić information content (AvgIpc) is 2.37. The second-order valence-corrected chi connectivity index (χ2v) is 5.77. The summed E-state index contributed by atoms with van der Waals surface area (Å²) in [6.45, 7) is 0.801. The van der Waals surface area contributed by atoms with Gasteiger partial charge in [-0.25, -0.2) is 4.39 Å². The van der Waals surface area contributed by atoms with Gasteiger partial charge >= 0.3 is 0 Å². The number of hydrogen-bond acceptors (Lipinski definition) is 2. The lowest BCUT2D eigenvalue weighted by molar-refractivity contribution is 0.602. The van der Waals surface area contributed by atoms with Crippen LogP contribution in [0.5, 0.6) is 0 Å². The molecule has 2 aromatic carbocycles. The Labute approximate surface area is 119 Å². The first kappa shape index (κ1) is 13.4. The first-order valence-electron chi connectivity index (χ1n) is 5.62. The van der Waals surface area contributed by atoms with Crippen molar-refractivity contribution in [3.63, 3.8) is 0 Å². The lowest BCUT2D eigenvalue weighted by Crippen LogP contribution is -2.03. The van der Waals surface area contributed by atoms with Gasteiger partial charge in [0.2, 0.25) is 0 Å². The molecular weight excluding hydrogens is 313 g/mol. The van der Waals surface area contributed by atoms with Gasteiger partial charge in [-0.1, -0.05) is 34.1 Å². The fraction of sp³-hybridized carbons (Fsp3) is 0.143. The Kier molecular flexibility index (Phi) is 5.08. The van der Waals surface area contributed by atoms with Gasteiger partial charge in [0, 0.05) is 27.4 Å². The number of halogens is 2. The lowest BCUT2D eigenvalue weighted by atomic mass is 10.3. The molecule has 4 heteroatoms. The predicted molar refractivity (Wildman–Crippen MR) is 79.8 cm³/mol. The van der Waals surface area contributed by atoms with Crippen molar-refractivity contribution in [2.45, 2.75) is 4.90 Å². The van der Waals surface area contributed by atoms with E-state index in [0.29, 0.717) is 4.90 Å². The first-order valence-corrected chi connectivity index (χ1v) is 7.40. The molecule has 0 bridgehead atoms. The van der Waals surface area contributed by atoms with Crippen LogP contribution in [0.3, 0.4) is 0 Å². The third-order valence-corrected chi connectivity index (χ3v) is 3.89. The summed E-state index contributed by atoms with van der Waals surface area (Å²) < 4.78 is 14.4. The largest absolute Gasteiger partial charge is 0.384 e. The zero-order valence-corrected chi connectivity index (χ0v) is 12.1. The Morgan fingerprint density at radius 3 is 2.72 bits per heavy atom. The number of hydrogen-bond donors (Lipinski definition) is 1. The molecule has 0 atom stereocenters. The van der Waals surface area contributed by atoms with Crippen molar-refractivity contribution < 1.29 is 4.39 Å². The molecule has 94 valence electrons. The molecule has 0 aliphatic heterocycles. The smallest absolute Gasteiger partial charge is 0.136 e. The first-order chi connectivity index (χ1) is 8.75. The van der Waals surface area contributed by atoms with Gasteiger partial charge in [0.25, 0.3) is 0 Å². The molecule has 0 heterocycles. The molecule has 0 aliphatic carbocycles. The predicted octanol–water partition coefficient (Wildman–Crippen LogP) is 4.79. The van der Waals surface area contributed by atoms with E-state index in [9.17, 15) is 4.39 Å². The molecule has 2 aromatic rings. The number of benzene rings is 2. The monoisotopic (exact) mass is 325 g/mol. The molecule has 0 spiro atoms. The van der Waals surface area contributed by atoms with Crippen LogP contribution in [0.4, 0.5) is 10.1 Å². The van der Waals surface area contributed by atoms with Gasteiger partial charge < -0.3 is 5.32 Å². The molecule has 18 heavy (non-hydrogen) atoms. The van der Waals surface area contributed by atoms with Crippen molar-refractivity contribution in [3.05, 3.63) is 58.8 Å². The maximum Gasteiger partial charge on any atom is 0.136 e. The van der Waals surface area contributed by atoms with E-state index in [0.717, 1.165) is 22.5 Å². The van der Waals surface area contributed by atoms with Crippen LogP contribution >= 0.6 is 27.7 Å². The van der Waals surface area contributed by atoms with E-state index >= 15 is 0 Å². The van der Waals surface area contributed by atoms with Gasteiger partial charge in [0.1, 0.15) is 5.82 Å². The van der Waals surface area contributed by atoms with Crippen LogP contribution in [0.15, 0.2) is 57.9 Å². The molecule has 0 saturated heterocycles. The van der Waals surface area contributed by atoms with Crippen LogP contribution in [0.1, 0.15) is 0 Å². The van der Waals surface area contributed by atoms with Gasteiger partial charge in [0.05, 0.1) is 0 Å². The summed E-state index contributed by atoms with van der Waals surface area (Å²) in [5, 5.41) is 3.30. The highest BCUT2D eigenvalue weighted by molar-refractivity contribution is 9.10. The highest BCUT2D eigenvalue weighted by atomic mass is 79.9. The third-order valence-electron chi connectivity index (χ3n) is 2.35. The van der Waals surface area contributed by atoms with E-state index in [2.05, 4.69) is 21.2 Å². The quantitative estimate of drug-likeness (QED) is 0.626. The van der Waals surface area contributed by atoms with Crippen molar-refractivity contribution in [1.29, 1.82) is 0 Å². The molecule has 2 rings (SSSR count). The van der Waals surface area contributed by atoms with Gasteiger partial charge in [-0.05, 0) is 30.3 Å². The number of anilines is 1. The Morgan fingerprint density at radius 1 is 1.11 bits per heavy atom. The summed E-state index contributed by atoms with van der Waals surface area (Å²) in [5.41, 5.74) is 1.07. The summed E-state index contributed by atoms with van der Waals surface area (Å²) in [6.07, 6.45) is 0. The van der Waals surface area contributed by atoms with Gasteiger partial charge in [-0.15, -0.1) is 11.8 Å².